The molecule has 1 rings (SSSR count). The highest BCUT2D eigenvalue weighted by atomic mass is 16.5. The highest BCUT2D eigenvalue weighted by Crippen LogP contribution is 2.30. The van der Waals surface area contributed by atoms with Crippen molar-refractivity contribution in [2.24, 2.45) is 5.92 Å². The minimum Gasteiger partial charge on any atom is -0.468 e. The zero-order valence-electron chi connectivity index (χ0n) is 14.4. The Morgan fingerprint density at radius 3 is 2.67 bits per heavy atom. The van der Waals surface area contributed by atoms with Crippen LogP contribution in [0.2, 0.25) is 0 Å². The molecule has 1 N–H and O–H groups in total. The van der Waals surface area contributed by atoms with E-state index in [1.54, 1.807) is 0 Å². The van der Waals surface area contributed by atoms with Crippen molar-refractivity contribution < 1.29 is 14.3 Å². The van der Waals surface area contributed by atoms with Crippen LogP contribution in [0.25, 0.3) is 0 Å². The van der Waals surface area contributed by atoms with Crippen LogP contribution in [-0.4, -0.2) is 37.4 Å². The Morgan fingerprint density at radius 1 is 1.38 bits per heavy atom. The molecule has 0 aromatic heterocycles. The molecular formula is C17H33NO3. The van der Waals surface area contributed by atoms with E-state index in [0.29, 0.717) is 12.5 Å². The Balaban J connectivity index is 2.53. The summed E-state index contributed by atoms with van der Waals surface area (Å²) in [6.07, 6.45) is 7.19. The molecular weight excluding hydrogens is 266 g/mol. The van der Waals surface area contributed by atoms with Crippen LogP contribution in [0.1, 0.15) is 66.2 Å². The van der Waals surface area contributed by atoms with Crippen LogP contribution in [-0.2, 0) is 14.3 Å². The molecule has 0 aromatic carbocycles. The molecule has 0 amide bonds. The maximum Gasteiger partial charge on any atom is 0.325 e. The molecule has 1 aliphatic rings. The molecule has 1 fully saturated rings. The third-order valence-electron chi connectivity index (χ3n) is 4.64. The summed E-state index contributed by atoms with van der Waals surface area (Å²) < 4.78 is 11.1. The number of rotatable bonds is 8. The first-order valence-electron chi connectivity index (χ1n) is 8.44. The number of methoxy groups -OCH3 is 1. The molecule has 4 nitrogen and oxygen atoms in total. The number of carbonyl (C=O) groups excluding carboxylic acids is 1. The Bertz CT molecular complexity index is 321. The van der Waals surface area contributed by atoms with Crippen LogP contribution in [0.15, 0.2) is 0 Å². The Hall–Kier alpha value is -0.610. The lowest BCUT2D eigenvalue weighted by molar-refractivity contribution is -0.150. The van der Waals surface area contributed by atoms with Crippen LogP contribution < -0.4 is 5.32 Å². The summed E-state index contributed by atoms with van der Waals surface area (Å²) in [6.45, 7) is 8.96. The predicted octanol–water partition coefficient (Wildman–Crippen LogP) is 3.29. The highest BCUT2D eigenvalue weighted by molar-refractivity contribution is 5.80. The molecule has 4 heteroatoms. The standard InChI is InChI=1S/C17H33NO3/c1-6-14-9-8-10-15(11-14)21-13(3)12-17(4,18-7-2)16(19)20-5/h13-15,18H,6-12H2,1-5H3. The van der Waals surface area contributed by atoms with Gasteiger partial charge in [0.05, 0.1) is 19.3 Å². The highest BCUT2D eigenvalue weighted by Gasteiger charge is 2.36. The molecule has 0 aromatic rings. The molecule has 0 aliphatic heterocycles. The largest absolute Gasteiger partial charge is 0.468 e. The monoisotopic (exact) mass is 299 g/mol. The first-order chi connectivity index (χ1) is 9.95. The first-order valence-corrected chi connectivity index (χ1v) is 8.44. The normalized spacial score (nSPS) is 26.9. The van der Waals surface area contributed by atoms with Crippen LogP contribution in [0.3, 0.4) is 0 Å². The lowest BCUT2D eigenvalue weighted by atomic mass is 9.85. The molecule has 0 radical (unpaired) electrons. The van der Waals surface area contributed by atoms with Crippen molar-refractivity contribution in [2.45, 2.75) is 84.0 Å². The van der Waals surface area contributed by atoms with Crippen LogP contribution in [0.5, 0.6) is 0 Å². The summed E-state index contributed by atoms with van der Waals surface area (Å²) in [7, 11) is 1.44. The zero-order valence-corrected chi connectivity index (χ0v) is 14.4. The number of esters is 1. The molecule has 4 unspecified atom stereocenters. The van der Waals surface area contributed by atoms with Crippen molar-refractivity contribution in [2.75, 3.05) is 13.7 Å². The van der Waals surface area contributed by atoms with E-state index in [0.717, 1.165) is 25.3 Å². The molecule has 4 atom stereocenters. The van der Waals surface area contributed by atoms with Crippen LogP contribution in [0.4, 0.5) is 0 Å². The van der Waals surface area contributed by atoms with Gasteiger partial charge in [-0.05, 0) is 39.2 Å². The topological polar surface area (TPSA) is 47.6 Å². The van der Waals surface area contributed by atoms with Gasteiger partial charge in [-0.2, -0.15) is 0 Å². The fourth-order valence-electron chi connectivity index (χ4n) is 3.53. The van der Waals surface area contributed by atoms with Gasteiger partial charge in [0.2, 0.25) is 0 Å². The SMILES string of the molecule is CCNC(C)(CC(C)OC1CCCC(CC)C1)C(=O)OC. The predicted molar refractivity (Wildman–Crippen MR) is 85.3 cm³/mol. The fraction of sp³-hybridized carbons (Fsp3) is 0.941. The minimum absolute atomic E-state index is 0.0498. The zero-order chi connectivity index (χ0) is 15.9. The summed E-state index contributed by atoms with van der Waals surface area (Å²) in [5.74, 6) is 0.589. The summed E-state index contributed by atoms with van der Waals surface area (Å²) in [5, 5.41) is 3.24. The van der Waals surface area contributed by atoms with Crippen molar-refractivity contribution in [3.8, 4) is 0 Å². The van der Waals surface area contributed by atoms with Crippen molar-refractivity contribution in [1.29, 1.82) is 0 Å². The summed E-state index contributed by atoms with van der Waals surface area (Å²) in [4.78, 5) is 12.0. The summed E-state index contributed by atoms with van der Waals surface area (Å²) in [6, 6.07) is 0. The molecule has 21 heavy (non-hydrogen) atoms. The van der Waals surface area contributed by atoms with Gasteiger partial charge in [-0.25, -0.2) is 0 Å². The van der Waals surface area contributed by atoms with E-state index in [2.05, 4.69) is 19.2 Å². The molecule has 124 valence electrons. The third-order valence-corrected chi connectivity index (χ3v) is 4.64. The Labute approximate surface area is 130 Å². The quantitative estimate of drug-likeness (QED) is 0.699. The Kier molecular flexibility index (Phi) is 7.67. The minimum atomic E-state index is -0.665. The van der Waals surface area contributed by atoms with Gasteiger partial charge in [0, 0.05) is 6.42 Å². The van der Waals surface area contributed by atoms with Crippen molar-refractivity contribution in [3.63, 3.8) is 0 Å². The maximum atomic E-state index is 12.0. The van der Waals surface area contributed by atoms with E-state index < -0.39 is 5.54 Å². The number of hydrogen-bond donors (Lipinski definition) is 1. The van der Waals surface area contributed by atoms with Gasteiger partial charge in [0.1, 0.15) is 5.54 Å². The van der Waals surface area contributed by atoms with E-state index in [-0.39, 0.29) is 12.1 Å². The van der Waals surface area contributed by atoms with Crippen molar-refractivity contribution in [1.82, 2.24) is 5.32 Å². The first kappa shape index (κ1) is 18.4. The lowest BCUT2D eigenvalue weighted by Gasteiger charge is -2.34. The maximum absolute atomic E-state index is 12.0. The lowest BCUT2D eigenvalue weighted by Crippen LogP contribution is -2.52. The van der Waals surface area contributed by atoms with Crippen molar-refractivity contribution >= 4 is 5.97 Å². The second-order valence-corrected chi connectivity index (χ2v) is 6.57. The van der Waals surface area contributed by atoms with Gasteiger partial charge in [-0.15, -0.1) is 0 Å². The van der Waals surface area contributed by atoms with Crippen LogP contribution in [0, 0.1) is 5.92 Å². The average Bonchev–Trinajstić information content (AvgIpc) is 2.46. The second kappa shape index (κ2) is 8.74. The summed E-state index contributed by atoms with van der Waals surface area (Å²) >= 11 is 0. The molecule has 0 spiro atoms. The molecule has 0 bridgehead atoms. The van der Waals surface area contributed by atoms with Gasteiger partial charge >= 0.3 is 5.97 Å². The van der Waals surface area contributed by atoms with Gasteiger partial charge < -0.3 is 14.8 Å². The number of ether oxygens (including phenoxy) is 2. The third kappa shape index (κ3) is 5.59. The van der Waals surface area contributed by atoms with Crippen molar-refractivity contribution in [3.05, 3.63) is 0 Å². The fourth-order valence-corrected chi connectivity index (χ4v) is 3.53. The van der Waals surface area contributed by atoms with E-state index in [9.17, 15) is 4.79 Å². The van der Waals surface area contributed by atoms with Gasteiger partial charge in [0.25, 0.3) is 0 Å². The van der Waals surface area contributed by atoms with Gasteiger partial charge in [-0.3, -0.25) is 4.79 Å². The number of nitrogens with one attached hydrogen (secondary N) is 1. The Morgan fingerprint density at radius 2 is 2.10 bits per heavy atom. The van der Waals surface area contributed by atoms with E-state index in [4.69, 9.17) is 9.47 Å². The van der Waals surface area contributed by atoms with E-state index in [1.165, 1.54) is 26.4 Å². The smallest absolute Gasteiger partial charge is 0.325 e. The number of carbonyl (C=O) groups is 1. The van der Waals surface area contributed by atoms with Gasteiger partial charge in [0.15, 0.2) is 0 Å². The molecule has 1 aliphatic carbocycles. The second-order valence-electron chi connectivity index (χ2n) is 6.57. The molecule has 1 saturated carbocycles. The summed E-state index contributed by atoms with van der Waals surface area (Å²) in [5.41, 5.74) is -0.665. The average molecular weight is 299 g/mol. The molecule has 0 heterocycles. The number of hydrogen-bond acceptors (Lipinski definition) is 4. The van der Waals surface area contributed by atoms with E-state index in [1.807, 2.05) is 13.8 Å². The van der Waals surface area contributed by atoms with E-state index >= 15 is 0 Å². The molecule has 0 saturated heterocycles. The number of likely N-dealkylation sites (N-methyl/N-ethyl adjacent to an activating group) is 1. The van der Waals surface area contributed by atoms with Gasteiger partial charge in [-0.1, -0.05) is 33.1 Å². The van der Waals surface area contributed by atoms with Crippen LogP contribution >= 0.6 is 0 Å².